The second kappa shape index (κ2) is 6.39. The molecule has 0 amide bonds. The van der Waals surface area contributed by atoms with Crippen LogP contribution in [0.5, 0.6) is 5.75 Å². The molecule has 0 radical (unpaired) electrons. The highest BCUT2D eigenvalue weighted by Crippen LogP contribution is 2.34. The van der Waals surface area contributed by atoms with Gasteiger partial charge in [0.25, 0.3) is 0 Å². The molecule has 1 atom stereocenters. The third kappa shape index (κ3) is 3.48. The van der Waals surface area contributed by atoms with Crippen molar-refractivity contribution >= 4 is 22.9 Å². The zero-order valence-electron chi connectivity index (χ0n) is 10.9. The molecule has 0 saturated heterocycles. The van der Waals surface area contributed by atoms with E-state index in [2.05, 4.69) is 5.43 Å². The average Bonchev–Trinajstić information content (AvgIpc) is 2.78. The van der Waals surface area contributed by atoms with E-state index in [9.17, 15) is 0 Å². The molecule has 0 spiro atoms. The van der Waals surface area contributed by atoms with Gasteiger partial charge >= 0.3 is 0 Å². The first-order valence-corrected chi connectivity index (χ1v) is 7.28. The lowest BCUT2D eigenvalue weighted by atomic mass is 10.0. The molecule has 1 aromatic heterocycles. The third-order valence-electron chi connectivity index (χ3n) is 2.64. The first-order valence-electron chi connectivity index (χ1n) is 6.08. The molecule has 0 bridgehead atoms. The van der Waals surface area contributed by atoms with Crippen molar-refractivity contribution in [1.29, 1.82) is 0 Å². The highest BCUT2D eigenvalue weighted by Gasteiger charge is 2.19. The van der Waals surface area contributed by atoms with Crippen LogP contribution >= 0.6 is 22.9 Å². The predicted octanol–water partition coefficient (Wildman–Crippen LogP) is 3.74. The first kappa shape index (κ1) is 14.3. The molecule has 1 unspecified atom stereocenters. The molecule has 1 heterocycles. The summed E-state index contributed by atoms with van der Waals surface area (Å²) < 4.78 is 6.58. The van der Waals surface area contributed by atoms with Gasteiger partial charge in [0.2, 0.25) is 0 Å². The van der Waals surface area contributed by atoms with Gasteiger partial charge in [0.05, 0.1) is 16.5 Å². The standard InChI is InChI=1S/C14H17ClN2OS/c1-9(2)18-11-6-4-3-5-10(11)14(17-16)12-7-8-13(15)19-12/h3-9,14,17H,16H2,1-2H3. The molecule has 0 aliphatic heterocycles. The van der Waals surface area contributed by atoms with Crippen molar-refractivity contribution in [2.24, 2.45) is 5.84 Å². The topological polar surface area (TPSA) is 47.3 Å². The van der Waals surface area contributed by atoms with Crippen LogP contribution < -0.4 is 16.0 Å². The van der Waals surface area contributed by atoms with Crippen LogP contribution in [0.4, 0.5) is 0 Å². The Balaban J connectivity index is 2.38. The molecule has 1 aromatic carbocycles. The number of nitrogens with one attached hydrogen (secondary N) is 1. The highest BCUT2D eigenvalue weighted by atomic mass is 35.5. The average molecular weight is 297 g/mol. The molecule has 3 N–H and O–H groups in total. The highest BCUT2D eigenvalue weighted by molar-refractivity contribution is 7.16. The van der Waals surface area contributed by atoms with Crippen LogP contribution in [0, 0.1) is 0 Å². The number of hydrazine groups is 1. The molecule has 2 rings (SSSR count). The van der Waals surface area contributed by atoms with Crippen LogP contribution in [0.1, 0.15) is 30.3 Å². The van der Waals surface area contributed by atoms with Crippen LogP contribution in [0.3, 0.4) is 0 Å². The van der Waals surface area contributed by atoms with Gasteiger partial charge in [-0.3, -0.25) is 5.84 Å². The van der Waals surface area contributed by atoms with E-state index in [1.807, 2.05) is 50.2 Å². The molecule has 2 aromatic rings. The summed E-state index contributed by atoms with van der Waals surface area (Å²) in [4.78, 5) is 1.06. The van der Waals surface area contributed by atoms with Crippen molar-refractivity contribution < 1.29 is 4.74 Å². The fraction of sp³-hybridized carbons (Fsp3) is 0.286. The van der Waals surface area contributed by atoms with E-state index < -0.39 is 0 Å². The van der Waals surface area contributed by atoms with Gasteiger partial charge in [-0.05, 0) is 32.0 Å². The van der Waals surface area contributed by atoms with Gasteiger partial charge in [0.1, 0.15) is 5.75 Å². The summed E-state index contributed by atoms with van der Waals surface area (Å²) >= 11 is 7.50. The summed E-state index contributed by atoms with van der Waals surface area (Å²) in [7, 11) is 0. The Morgan fingerprint density at radius 2 is 1.95 bits per heavy atom. The van der Waals surface area contributed by atoms with Gasteiger partial charge in [0.15, 0.2) is 0 Å². The zero-order valence-corrected chi connectivity index (χ0v) is 12.5. The van der Waals surface area contributed by atoms with Crippen LogP contribution in [-0.2, 0) is 0 Å². The predicted molar refractivity (Wildman–Crippen MR) is 80.7 cm³/mol. The number of para-hydroxylation sites is 1. The lowest BCUT2D eigenvalue weighted by Crippen LogP contribution is -2.28. The number of hydrogen-bond acceptors (Lipinski definition) is 4. The van der Waals surface area contributed by atoms with Crippen LogP contribution in [0.2, 0.25) is 4.34 Å². The van der Waals surface area contributed by atoms with Crippen LogP contribution in [0.15, 0.2) is 36.4 Å². The maximum atomic E-state index is 5.99. The van der Waals surface area contributed by atoms with Crippen molar-refractivity contribution in [3.63, 3.8) is 0 Å². The lowest BCUT2D eigenvalue weighted by Gasteiger charge is -2.20. The van der Waals surface area contributed by atoms with Crippen LogP contribution in [-0.4, -0.2) is 6.10 Å². The van der Waals surface area contributed by atoms with Gasteiger partial charge < -0.3 is 4.74 Å². The Bertz CT molecular complexity index is 542. The minimum absolute atomic E-state index is 0.117. The number of ether oxygens (including phenoxy) is 1. The van der Waals surface area contributed by atoms with Gasteiger partial charge in [-0.1, -0.05) is 29.8 Å². The van der Waals surface area contributed by atoms with Crippen molar-refractivity contribution in [3.8, 4) is 5.75 Å². The molecule has 0 aliphatic carbocycles. The Morgan fingerprint density at radius 3 is 2.53 bits per heavy atom. The summed E-state index contributed by atoms with van der Waals surface area (Å²) in [5.41, 5.74) is 3.84. The summed E-state index contributed by atoms with van der Waals surface area (Å²) in [6.45, 7) is 4.01. The number of nitrogens with two attached hydrogens (primary N) is 1. The van der Waals surface area contributed by atoms with E-state index >= 15 is 0 Å². The van der Waals surface area contributed by atoms with Gasteiger partial charge in [-0.15, -0.1) is 11.3 Å². The Hall–Kier alpha value is -1.07. The molecular weight excluding hydrogens is 280 g/mol. The fourth-order valence-electron chi connectivity index (χ4n) is 1.89. The lowest BCUT2D eigenvalue weighted by molar-refractivity contribution is 0.238. The summed E-state index contributed by atoms with van der Waals surface area (Å²) in [5.74, 6) is 6.54. The summed E-state index contributed by atoms with van der Waals surface area (Å²) in [6, 6.07) is 11.6. The largest absolute Gasteiger partial charge is 0.491 e. The van der Waals surface area contributed by atoms with Crippen LogP contribution in [0.25, 0.3) is 0 Å². The Morgan fingerprint density at radius 1 is 1.21 bits per heavy atom. The Kier molecular flexibility index (Phi) is 4.82. The molecule has 0 saturated carbocycles. The minimum Gasteiger partial charge on any atom is -0.491 e. The van der Waals surface area contributed by atoms with E-state index in [0.29, 0.717) is 0 Å². The second-order valence-electron chi connectivity index (χ2n) is 4.45. The Labute approximate surface area is 122 Å². The van der Waals surface area contributed by atoms with Crippen molar-refractivity contribution in [1.82, 2.24) is 5.43 Å². The SMILES string of the molecule is CC(C)Oc1ccccc1C(NN)c1ccc(Cl)s1. The maximum absolute atomic E-state index is 5.99. The summed E-state index contributed by atoms with van der Waals surface area (Å²) in [5, 5.41) is 0. The monoisotopic (exact) mass is 296 g/mol. The number of halogens is 1. The first-order chi connectivity index (χ1) is 9.11. The van der Waals surface area contributed by atoms with Gasteiger partial charge in [-0.2, -0.15) is 0 Å². The van der Waals surface area contributed by atoms with E-state index in [-0.39, 0.29) is 12.1 Å². The van der Waals surface area contributed by atoms with Crippen molar-refractivity contribution in [2.45, 2.75) is 26.0 Å². The number of benzene rings is 1. The van der Waals surface area contributed by atoms with E-state index in [0.717, 1.165) is 20.5 Å². The second-order valence-corrected chi connectivity index (χ2v) is 6.19. The molecular formula is C14H17ClN2OS. The van der Waals surface area contributed by atoms with E-state index in [1.54, 1.807) is 0 Å². The van der Waals surface area contributed by atoms with E-state index in [4.69, 9.17) is 22.2 Å². The molecule has 0 aliphatic rings. The summed E-state index contributed by atoms with van der Waals surface area (Å²) in [6.07, 6.45) is 0.117. The molecule has 102 valence electrons. The normalized spacial score (nSPS) is 12.7. The fourth-order valence-corrected chi connectivity index (χ4v) is 3.03. The minimum atomic E-state index is -0.118. The van der Waals surface area contributed by atoms with Gasteiger partial charge in [0, 0.05) is 10.4 Å². The zero-order chi connectivity index (χ0) is 13.8. The van der Waals surface area contributed by atoms with Crippen molar-refractivity contribution in [3.05, 3.63) is 51.2 Å². The third-order valence-corrected chi connectivity index (χ3v) is 3.93. The molecule has 0 fully saturated rings. The number of hydrogen-bond donors (Lipinski definition) is 2. The molecule has 5 heteroatoms. The molecule has 3 nitrogen and oxygen atoms in total. The maximum Gasteiger partial charge on any atom is 0.124 e. The van der Waals surface area contributed by atoms with Gasteiger partial charge in [-0.25, -0.2) is 5.43 Å². The van der Waals surface area contributed by atoms with E-state index in [1.165, 1.54) is 11.3 Å². The smallest absolute Gasteiger partial charge is 0.124 e. The van der Waals surface area contributed by atoms with Crippen molar-refractivity contribution in [2.75, 3.05) is 0 Å². The number of rotatable bonds is 5. The quantitative estimate of drug-likeness (QED) is 0.653. The number of thiophene rings is 1. The molecule has 19 heavy (non-hydrogen) atoms.